The summed E-state index contributed by atoms with van der Waals surface area (Å²) < 4.78 is 11.1. The van der Waals surface area contributed by atoms with Crippen molar-refractivity contribution in [3.63, 3.8) is 0 Å². The van der Waals surface area contributed by atoms with Crippen molar-refractivity contribution in [3.05, 3.63) is 59.6 Å². The van der Waals surface area contributed by atoms with Gasteiger partial charge in [-0.25, -0.2) is 0 Å². The first-order valence-corrected chi connectivity index (χ1v) is 8.65. The van der Waals surface area contributed by atoms with Crippen LogP contribution in [0, 0.1) is 0 Å². The third-order valence-electron chi connectivity index (χ3n) is 3.08. The van der Waals surface area contributed by atoms with Crippen LogP contribution in [0.5, 0.6) is 5.75 Å². The Kier molecular flexibility index (Phi) is 5.74. The molecule has 0 aliphatic carbocycles. The van der Waals surface area contributed by atoms with Crippen LogP contribution in [0.15, 0.2) is 64.2 Å². The molecule has 24 heavy (non-hydrogen) atoms. The fourth-order valence-electron chi connectivity index (χ4n) is 1.90. The summed E-state index contributed by atoms with van der Waals surface area (Å²) in [6, 6.07) is 16.5. The van der Waals surface area contributed by atoms with Gasteiger partial charge in [0.2, 0.25) is 5.89 Å². The molecule has 0 amide bonds. The van der Waals surface area contributed by atoms with Crippen molar-refractivity contribution in [1.29, 1.82) is 0 Å². The van der Waals surface area contributed by atoms with Gasteiger partial charge >= 0.3 is 0 Å². The monoisotopic (exact) mass is 362 g/mol. The summed E-state index contributed by atoms with van der Waals surface area (Å²) in [6.07, 6.45) is -0.638. The number of ether oxygens (including phenoxy) is 1. The number of aromatic nitrogens is 2. The number of aliphatic hydroxyl groups is 1. The lowest BCUT2D eigenvalue weighted by Crippen LogP contribution is -2.20. The van der Waals surface area contributed by atoms with E-state index in [2.05, 4.69) is 10.2 Å². The van der Waals surface area contributed by atoms with Crippen LogP contribution in [0.25, 0.3) is 11.5 Å². The Bertz CT molecular complexity index is 765. The van der Waals surface area contributed by atoms with E-state index in [-0.39, 0.29) is 6.61 Å². The summed E-state index contributed by atoms with van der Waals surface area (Å²) >= 11 is 7.14. The highest BCUT2D eigenvalue weighted by molar-refractivity contribution is 7.99. The highest BCUT2D eigenvalue weighted by Gasteiger charge is 2.12. The van der Waals surface area contributed by atoms with Gasteiger partial charge in [0.05, 0.1) is 6.10 Å². The van der Waals surface area contributed by atoms with E-state index >= 15 is 0 Å². The van der Waals surface area contributed by atoms with Crippen LogP contribution >= 0.6 is 23.4 Å². The average Bonchev–Trinajstić information content (AvgIpc) is 3.09. The minimum Gasteiger partial charge on any atom is -0.491 e. The smallest absolute Gasteiger partial charge is 0.276 e. The Balaban J connectivity index is 1.49. The summed E-state index contributed by atoms with van der Waals surface area (Å²) in [4.78, 5) is 0. The van der Waals surface area contributed by atoms with Crippen molar-refractivity contribution in [2.45, 2.75) is 11.3 Å². The minimum atomic E-state index is -0.638. The predicted octanol–water partition coefficient (Wildman–Crippen LogP) is 3.92. The number of para-hydroxylation sites is 1. The maximum atomic E-state index is 9.98. The van der Waals surface area contributed by atoms with Gasteiger partial charge in [-0.1, -0.05) is 41.6 Å². The van der Waals surface area contributed by atoms with Crippen LogP contribution < -0.4 is 4.74 Å². The Hall–Kier alpha value is -2.02. The van der Waals surface area contributed by atoms with Gasteiger partial charge in [0.15, 0.2) is 0 Å². The molecule has 0 aliphatic rings. The topological polar surface area (TPSA) is 68.4 Å². The molecule has 3 rings (SSSR count). The van der Waals surface area contributed by atoms with Crippen LogP contribution in [0.3, 0.4) is 0 Å². The lowest BCUT2D eigenvalue weighted by molar-refractivity contribution is 0.126. The Morgan fingerprint density at radius 2 is 1.83 bits per heavy atom. The molecular weight excluding hydrogens is 348 g/mol. The fraction of sp³-hybridized carbons (Fsp3) is 0.176. The molecule has 1 heterocycles. The molecule has 3 aromatic rings. The molecule has 0 saturated heterocycles. The number of halogens is 1. The number of aliphatic hydroxyl groups excluding tert-OH is 1. The van der Waals surface area contributed by atoms with E-state index in [9.17, 15) is 5.11 Å². The first-order valence-electron chi connectivity index (χ1n) is 7.29. The molecule has 7 heteroatoms. The normalized spacial score (nSPS) is 12.1. The summed E-state index contributed by atoms with van der Waals surface area (Å²) in [6.45, 7) is 0.204. The second-order valence-corrected chi connectivity index (χ2v) is 6.38. The fourth-order valence-corrected chi connectivity index (χ4v) is 2.70. The second kappa shape index (κ2) is 8.19. The van der Waals surface area contributed by atoms with Crippen LogP contribution in [0.4, 0.5) is 0 Å². The predicted molar refractivity (Wildman–Crippen MR) is 93.4 cm³/mol. The lowest BCUT2D eigenvalue weighted by atomic mass is 10.2. The van der Waals surface area contributed by atoms with E-state index in [0.717, 1.165) is 11.3 Å². The van der Waals surface area contributed by atoms with Crippen molar-refractivity contribution in [2.75, 3.05) is 12.4 Å². The van der Waals surface area contributed by atoms with Gasteiger partial charge in [0.25, 0.3) is 5.22 Å². The zero-order chi connectivity index (χ0) is 16.8. The van der Waals surface area contributed by atoms with E-state index in [1.807, 2.05) is 42.5 Å². The maximum absolute atomic E-state index is 9.98. The molecular formula is C17H15ClN2O3S. The van der Waals surface area contributed by atoms with Crippen molar-refractivity contribution < 1.29 is 14.3 Å². The number of thioether (sulfide) groups is 1. The largest absolute Gasteiger partial charge is 0.491 e. The highest BCUT2D eigenvalue weighted by atomic mass is 35.5. The molecule has 0 unspecified atom stereocenters. The van der Waals surface area contributed by atoms with Gasteiger partial charge in [0.1, 0.15) is 12.4 Å². The van der Waals surface area contributed by atoms with Gasteiger partial charge in [0, 0.05) is 16.3 Å². The van der Waals surface area contributed by atoms with Gasteiger partial charge < -0.3 is 14.3 Å². The second-order valence-electron chi connectivity index (χ2n) is 4.97. The summed E-state index contributed by atoms with van der Waals surface area (Å²) in [5.41, 5.74) is 0.798. The van der Waals surface area contributed by atoms with Gasteiger partial charge in [-0.2, -0.15) is 0 Å². The Morgan fingerprint density at radius 1 is 1.08 bits per heavy atom. The first-order chi connectivity index (χ1) is 11.7. The molecule has 1 atom stereocenters. The van der Waals surface area contributed by atoms with E-state index in [0.29, 0.717) is 21.9 Å². The van der Waals surface area contributed by atoms with Crippen LogP contribution in [-0.4, -0.2) is 33.8 Å². The molecule has 0 fully saturated rings. The van der Waals surface area contributed by atoms with Crippen molar-refractivity contribution in [2.24, 2.45) is 0 Å². The first kappa shape index (κ1) is 16.8. The minimum absolute atomic E-state index is 0.204. The van der Waals surface area contributed by atoms with Gasteiger partial charge in [-0.15, -0.1) is 10.2 Å². The molecule has 124 valence electrons. The van der Waals surface area contributed by atoms with Crippen molar-refractivity contribution in [1.82, 2.24) is 10.2 Å². The zero-order valence-electron chi connectivity index (χ0n) is 12.6. The summed E-state index contributed by atoms with van der Waals surface area (Å²) in [5.74, 6) is 1.54. The third-order valence-corrected chi connectivity index (χ3v) is 4.30. The molecule has 0 saturated carbocycles. The Morgan fingerprint density at radius 3 is 2.58 bits per heavy atom. The number of benzene rings is 2. The average molecular weight is 363 g/mol. The molecule has 5 nitrogen and oxygen atoms in total. The molecule has 2 aromatic carbocycles. The molecule has 1 aromatic heterocycles. The van der Waals surface area contributed by atoms with E-state index in [1.165, 1.54) is 11.8 Å². The lowest BCUT2D eigenvalue weighted by Gasteiger charge is -2.10. The SMILES string of the molecule is O[C@@H](COc1ccccc1)CSc1nnc(-c2ccc(Cl)cc2)o1. The van der Waals surface area contributed by atoms with E-state index < -0.39 is 6.10 Å². The Labute approximate surface area is 148 Å². The van der Waals surface area contributed by atoms with Crippen LogP contribution in [0.1, 0.15) is 0 Å². The molecule has 1 N–H and O–H groups in total. The molecule has 0 bridgehead atoms. The van der Waals surface area contributed by atoms with Crippen molar-refractivity contribution >= 4 is 23.4 Å². The van der Waals surface area contributed by atoms with E-state index in [4.69, 9.17) is 20.8 Å². The number of rotatable bonds is 7. The third kappa shape index (κ3) is 4.74. The van der Waals surface area contributed by atoms with Crippen molar-refractivity contribution in [3.8, 4) is 17.2 Å². The number of hydrogen-bond acceptors (Lipinski definition) is 6. The zero-order valence-corrected chi connectivity index (χ0v) is 14.2. The highest BCUT2D eigenvalue weighted by Crippen LogP contribution is 2.24. The van der Waals surface area contributed by atoms with Gasteiger partial charge in [-0.05, 0) is 36.4 Å². The molecule has 0 spiro atoms. The van der Waals surface area contributed by atoms with E-state index in [1.54, 1.807) is 12.1 Å². The van der Waals surface area contributed by atoms with Gasteiger partial charge in [-0.3, -0.25) is 0 Å². The number of nitrogens with zero attached hydrogens (tertiary/aromatic N) is 2. The number of hydrogen-bond donors (Lipinski definition) is 1. The molecule has 0 aliphatic heterocycles. The summed E-state index contributed by atoms with van der Waals surface area (Å²) in [5, 5.41) is 19.0. The standard InChI is InChI=1S/C17H15ClN2O3S/c18-13-8-6-12(7-9-13)16-19-20-17(23-16)24-11-14(21)10-22-15-4-2-1-3-5-15/h1-9,14,21H,10-11H2/t14-/m0/s1. The maximum Gasteiger partial charge on any atom is 0.276 e. The van der Waals surface area contributed by atoms with Crippen LogP contribution in [-0.2, 0) is 0 Å². The quantitative estimate of drug-likeness (QED) is 0.642. The van der Waals surface area contributed by atoms with Crippen LogP contribution in [0.2, 0.25) is 5.02 Å². The molecule has 0 radical (unpaired) electrons. The summed E-state index contributed by atoms with van der Waals surface area (Å²) in [7, 11) is 0.